The number of thiophene rings is 1. The third-order valence-electron chi connectivity index (χ3n) is 4.55. The van der Waals surface area contributed by atoms with E-state index in [9.17, 15) is 14.4 Å². The van der Waals surface area contributed by atoms with Crippen LogP contribution in [0, 0.1) is 6.92 Å². The van der Waals surface area contributed by atoms with Crippen molar-refractivity contribution in [3.8, 4) is 0 Å². The maximum Gasteiger partial charge on any atom is 0.328 e. The van der Waals surface area contributed by atoms with Gasteiger partial charge in [-0.2, -0.15) is 0 Å². The summed E-state index contributed by atoms with van der Waals surface area (Å²) in [7, 11) is 1.37. The van der Waals surface area contributed by atoms with Crippen molar-refractivity contribution in [2.75, 3.05) is 13.7 Å². The normalized spacial score (nSPS) is 15.3. The van der Waals surface area contributed by atoms with E-state index >= 15 is 0 Å². The molecule has 140 valence electrons. The smallest absolute Gasteiger partial charge is 0.328 e. The summed E-state index contributed by atoms with van der Waals surface area (Å²) >= 11 is 1.13. The van der Waals surface area contributed by atoms with Crippen molar-refractivity contribution >= 4 is 33.4 Å². The second-order valence-corrected chi connectivity index (χ2v) is 7.35. The van der Waals surface area contributed by atoms with Crippen molar-refractivity contribution in [2.45, 2.75) is 45.2 Å². The quantitative estimate of drug-likeness (QED) is 0.811. The zero-order chi connectivity index (χ0) is 18.8. The fourth-order valence-electron chi connectivity index (χ4n) is 3.19. The van der Waals surface area contributed by atoms with Crippen molar-refractivity contribution in [2.24, 2.45) is 0 Å². The standard InChI is InChI=1S/C17H21N3O5S/c1-9-12-15(19-11-6-4-3-5-7-20(11)16(12)22)26-13(9)14(21)18-10(8-25-2)17(23)24/h10H,3-8H2,1-2H3,(H,18,21)(H,23,24). The molecule has 26 heavy (non-hydrogen) atoms. The molecule has 0 saturated carbocycles. The number of fused-ring (bicyclic) bond motifs is 2. The summed E-state index contributed by atoms with van der Waals surface area (Å²) in [4.78, 5) is 42.1. The Kier molecular flexibility index (Phi) is 5.38. The van der Waals surface area contributed by atoms with Crippen LogP contribution < -0.4 is 10.9 Å². The number of aryl methyl sites for hydroxylation is 2. The van der Waals surface area contributed by atoms with Gasteiger partial charge in [0.15, 0.2) is 6.04 Å². The number of hydrogen-bond donors (Lipinski definition) is 2. The van der Waals surface area contributed by atoms with Crippen LogP contribution in [-0.2, 0) is 22.5 Å². The largest absolute Gasteiger partial charge is 0.480 e. The van der Waals surface area contributed by atoms with Gasteiger partial charge in [-0.15, -0.1) is 11.3 Å². The number of carboxylic acid groups (broad SMARTS) is 1. The molecular weight excluding hydrogens is 358 g/mol. The van der Waals surface area contributed by atoms with Gasteiger partial charge in [0, 0.05) is 20.1 Å². The number of rotatable bonds is 5. The summed E-state index contributed by atoms with van der Waals surface area (Å²) in [5.74, 6) is -0.950. The monoisotopic (exact) mass is 379 g/mol. The minimum Gasteiger partial charge on any atom is -0.480 e. The molecule has 1 aliphatic heterocycles. The molecule has 0 aliphatic carbocycles. The van der Waals surface area contributed by atoms with Crippen LogP contribution in [0.15, 0.2) is 4.79 Å². The number of amides is 1. The molecule has 3 rings (SSSR count). The van der Waals surface area contributed by atoms with Gasteiger partial charge in [-0.3, -0.25) is 14.2 Å². The zero-order valence-electron chi connectivity index (χ0n) is 14.7. The molecule has 3 heterocycles. The van der Waals surface area contributed by atoms with Crippen LogP contribution in [0.1, 0.15) is 40.3 Å². The summed E-state index contributed by atoms with van der Waals surface area (Å²) in [5, 5.41) is 12.1. The fraction of sp³-hybridized carbons (Fsp3) is 0.529. The second kappa shape index (κ2) is 7.55. The van der Waals surface area contributed by atoms with Gasteiger partial charge in [0.25, 0.3) is 11.5 Å². The maximum absolute atomic E-state index is 12.9. The van der Waals surface area contributed by atoms with Crippen LogP contribution in [0.2, 0.25) is 0 Å². The summed E-state index contributed by atoms with van der Waals surface area (Å²) in [6.45, 7) is 2.20. The van der Waals surface area contributed by atoms with Gasteiger partial charge < -0.3 is 15.2 Å². The molecule has 0 saturated heterocycles. The van der Waals surface area contributed by atoms with E-state index < -0.39 is 17.9 Å². The Balaban J connectivity index is 2.01. The lowest BCUT2D eigenvalue weighted by atomic mass is 10.2. The lowest BCUT2D eigenvalue weighted by Crippen LogP contribution is -2.43. The molecular formula is C17H21N3O5S. The SMILES string of the molecule is COCC(NC(=O)c1sc2nc3n(c(=O)c2c1C)CCCCC3)C(=O)O. The van der Waals surface area contributed by atoms with Gasteiger partial charge in [0.1, 0.15) is 10.7 Å². The lowest BCUT2D eigenvalue weighted by Gasteiger charge is -2.12. The first-order chi connectivity index (χ1) is 12.4. The van der Waals surface area contributed by atoms with Crippen LogP contribution in [0.3, 0.4) is 0 Å². The number of methoxy groups -OCH3 is 1. The molecule has 0 bridgehead atoms. The molecule has 0 fully saturated rings. The molecule has 1 unspecified atom stereocenters. The average Bonchev–Trinajstić information content (AvgIpc) is 2.77. The number of nitrogens with zero attached hydrogens (tertiary/aromatic N) is 2. The van der Waals surface area contributed by atoms with Gasteiger partial charge in [0.2, 0.25) is 0 Å². The van der Waals surface area contributed by atoms with E-state index in [4.69, 9.17) is 9.84 Å². The van der Waals surface area contributed by atoms with E-state index in [-0.39, 0.29) is 12.2 Å². The predicted molar refractivity (Wildman–Crippen MR) is 96.9 cm³/mol. The van der Waals surface area contributed by atoms with Gasteiger partial charge in [0.05, 0.1) is 16.9 Å². The third kappa shape index (κ3) is 3.36. The summed E-state index contributed by atoms with van der Waals surface area (Å²) in [5.41, 5.74) is 0.424. The number of ether oxygens (including phenoxy) is 1. The topological polar surface area (TPSA) is 111 Å². The minimum atomic E-state index is -1.18. The van der Waals surface area contributed by atoms with Crippen molar-refractivity contribution < 1.29 is 19.4 Å². The molecule has 1 atom stereocenters. The molecule has 0 radical (unpaired) electrons. The van der Waals surface area contributed by atoms with E-state index in [2.05, 4.69) is 10.3 Å². The highest BCUT2D eigenvalue weighted by molar-refractivity contribution is 7.20. The zero-order valence-corrected chi connectivity index (χ0v) is 15.5. The first-order valence-electron chi connectivity index (χ1n) is 8.49. The molecule has 2 aromatic heterocycles. The number of hydrogen-bond acceptors (Lipinski definition) is 6. The Labute approximate surface area is 153 Å². The van der Waals surface area contributed by atoms with Gasteiger partial charge in [-0.05, 0) is 25.3 Å². The van der Waals surface area contributed by atoms with Crippen molar-refractivity contribution in [1.29, 1.82) is 0 Å². The molecule has 8 nitrogen and oxygen atoms in total. The van der Waals surface area contributed by atoms with E-state index in [1.807, 2.05) is 0 Å². The summed E-state index contributed by atoms with van der Waals surface area (Å²) in [6, 6.07) is -1.15. The van der Waals surface area contributed by atoms with Crippen LogP contribution in [0.4, 0.5) is 0 Å². The molecule has 9 heteroatoms. The molecule has 2 aromatic rings. The Hall–Kier alpha value is -2.26. The first kappa shape index (κ1) is 18.5. The van der Waals surface area contributed by atoms with E-state index in [1.54, 1.807) is 11.5 Å². The Morgan fingerprint density at radius 3 is 2.85 bits per heavy atom. The van der Waals surface area contributed by atoms with Crippen molar-refractivity contribution in [3.05, 3.63) is 26.6 Å². The van der Waals surface area contributed by atoms with Crippen molar-refractivity contribution in [3.63, 3.8) is 0 Å². The van der Waals surface area contributed by atoms with Gasteiger partial charge in [-0.25, -0.2) is 9.78 Å². The highest BCUT2D eigenvalue weighted by Gasteiger charge is 2.25. The lowest BCUT2D eigenvalue weighted by molar-refractivity contribution is -0.140. The fourth-order valence-corrected chi connectivity index (χ4v) is 4.29. The molecule has 2 N–H and O–H groups in total. The second-order valence-electron chi connectivity index (χ2n) is 6.35. The van der Waals surface area contributed by atoms with E-state index in [0.29, 0.717) is 27.2 Å². The predicted octanol–water partition coefficient (Wildman–Crippen LogP) is 1.32. The Morgan fingerprint density at radius 1 is 1.38 bits per heavy atom. The number of nitrogens with one attached hydrogen (secondary N) is 1. The van der Waals surface area contributed by atoms with Crippen molar-refractivity contribution in [1.82, 2.24) is 14.9 Å². The Bertz CT molecular complexity index is 917. The molecule has 0 spiro atoms. The molecule has 1 amide bonds. The number of carbonyl (C=O) groups excluding carboxylic acids is 1. The first-order valence-corrected chi connectivity index (χ1v) is 9.31. The van der Waals surface area contributed by atoms with E-state index in [1.165, 1.54) is 7.11 Å². The van der Waals surface area contributed by atoms with Gasteiger partial charge >= 0.3 is 5.97 Å². The van der Waals surface area contributed by atoms with Crippen LogP contribution >= 0.6 is 11.3 Å². The average molecular weight is 379 g/mol. The summed E-state index contributed by atoms with van der Waals surface area (Å²) in [6.07, 6.45) is 3.75. The highest BCUT2D eigenvalue weighted by atomic mass is 32.1. The van der Waals surface area contributed by atoms with Crippen LogP contribution in [0.5, 0.6) is 0 Å². The molecule has 1 aliphatic rings. The van der Waals surface area contributed by atoms with Gasteiger partial charge in [-0.1, -0.05) is 6.42 Å². The number of aromatic nitrogens is 2. The maximum atomic E-state index is 12.9. The highest BCUT2D eigenvalue weighted by Crippen LogP contribution is 2.28. The Morgan fingerprint density at radius 2 is 2.15 bits per heavy atom. The molecule has 0 aromatic carbocycles. The van der Waals surface area contributed by atoms with Crippen LogP contribution in [-0.4, -0.2) is 46.3 Å². The minimum absolute atomic E-state index is 0.119. The number of carbonyl (C=O) groups is 2. The number of carboxylic acids is 1. The van der Waals surface area contributed by atoms with Crippen LogP contribution in [0.25, 0.3) is 10.2 Å². The summed E-state index contributed by atoms with van der Waals surface area (Å²) < 4.78 is 6.54. The third-order valence-corrected chi connectivity index (χ3v) is 5.74. The van der Waals surface area contributed by atoms with E-state index in [0.717, 1.165) is 42.8 Å². The number of aliphatic carboxylic acids is 1.